The summed E-state index contributed by atoms with van der Waals surface area (Å²) in [6.07, 6.45) is 3.37. The number of tetrazole rings is 1. The highest BCUT2D eigenvalue weighted by Crippen LogP contribution is 2.37. The second-order valence-corrected chi connectivity index (χ2v) is 9.23. The molecule has 0 N–H and O–H groups in total. The van der Waals surface area contributed by atoms with Crippen molar-refractivity contribution in [3.8, 4) is 0 Å². The Morgan fingerprint density at radius 2 is 2.15 bits per heavy atom. The molecule has 4 rings (SSSR count). The molecule has 1 atom stereocenters. The lowest BCUT2D eigenvalue weighted by Crippen LogP contribution is -2.50. The molecule has 7 nitrogen and oxygen atoms in total. The molecular formula is C17H24N6OS2. The molecular weight excluding hydrogens is 368 g/mol. The third-order valence-corrected chi connectivity index (χ3v) is 6.89. The number of amides is 1. The lowest BCUT2D eigenvalue weighted by atomic mass is 10.2. The number of nitrogens with zero attached hydrogens (tertiary/aromatic N) is 6. The van der Waals surface area contributed by atoms with Gasteiger partial charge in [-0.25, -0.2) is 4.68 Å². The molecule has 1 saturated heterocycles. The largest absolute Gasteiger partial charge is 0.339 e. The third-order valence-electron chi connectivity index (χ3n) is 4.92. The smallest absolute Gasteiger partial charge is 0.235 e. The zero-order valence-corrected chi connectivity index (χ0v) is 16.6. The van der Waals surface area contributed by atoms with Crippen LogP contribution in [0.3, 0.4) is 0 Å². The minimum atomic E-state index is -0.156. The van der Waals surface area contributed by atoms with Crippen LogP contribution in [0.25, 0.3) is 0 Å². The average molecular weight is 393 g/mol. The predicted molar refractivity (Wildman–Crippen MR) is 102 cm³/mol. The zero-order chi connectivity index (χ0) is 17.9. The first-order valence-electron chi connectivity index (χ1n) is 9.19. The van der Waals surface area contributed by atoms with Crippen molar-refractivity contribution in [1.82, 2.24) is 30.0 Å². The van der Waals surface area contributed by atoms with Crippen molar-refractivity contribution in [3.05, 3.63) is 22.4 Å². The maximum Gasteiger partial charge on any atom is 0.235 e. The highest BCUT2D eigenvalue weighted by Gasteiger charge is 2.31. The van der Waals surface area contributed by atoms with E-state index < -0.39 is 0 Å². The molecule has 1 unspecified atom stereocenters. The first-order chi connectivity index (χ1) is 12.7. The van der Waals surface area contributed by atoms with Gasteiger partial charge in [-0.2, -0.15) is 0 Å². The monoisotopic (exact) mass is 392 g/mol. The van der Waals surface area contributed by atoms with E-state index in [9.17, 15) is 4.79 Å². The molecule has 0 spiro atoms. The van der Waals surface area contributed by atoms with E-state index in [1.165, 1.54) is 16.6 Å². The highest BCUT2D eigenvalue weighted by molar-refractivity contribution is 8.00. The second kappa shape index (κ2) is 8.06. The van der Waals surface area contributed by atoms with Crippen LogP contribution in [0.2, 0.25) is 0 Å². The van der Waals surface area contributed by atoms with Crippen molar-refractivity contribution >= 4 is 29.0 Å². The standard InChI is InChI=1S/C17H24N6OS2/c1-13(26-17-18-19-20-23(17)14-4-5-14)16(24)22-10-8-21(9-11-22)7-6-15-3-2-12-25-15/h2-3,12-14H,4-11H2,1H3. The summed E-state index contributed by atoms with van der Waals surface area (Å²) in [5, 5.41) is 14.7. The number of rotatable bonds is 7. The van der Waals surface area contributed by atoms with Crippen LogP contribution in [0.15, 0.2) is 22.7 Å². The van der Waals surface area contributed by atoms with Gasteiger partial charge in [-0.1, -0.05) is 17.8 Å². The summed E-state index contributed by atoms with van der Waals surface area (Å²) in [5.74, 6) is 0.193. The van der Waals surface area contributed by atoms with Crippen LogP contribution in [0, 0.1) is 0 Å². The van der Waals surface area contributed by atoms with Crippen LogP contribution in [0.1, 0.15) is 30.7 Å². The molecule has 0 radical (unpaired) electrons. The normalized spacial score (nSPS) is 19.7. The van der Waals surface area contributed by atoms with Gasteiger partial charge in [-0.15, -0.1) is 16.4 Å². The highest BCUT2D eigenvalue weighted by atomic mass is 32.2. The van der Waals surface area contributed by atoms with Crippen molar-refractivity contribution in [2.45, 2.75) is 42.6 Å². The van der Waals surface area contributed by atoms with Gasteiger partial charge in [0.2, 0.25) is 11.1 Å². The maximum atomic E-state index is 12.8. The summed E-state index contributed by atoms with van der Waals surface area (Å²) in [6, 6.07) is 4.73. The van der Waals surface area contributed by atoms with E-state index in [2.05, 4.69) is 37.9 Å². The molecule has 26 heavy (non-hydrogen) atoms. The van der Waals surface area contributed by atoms with E-state index in [0.29, 0.717) is 6.04 Å². The minimum absolute atomic E-state index is 0.156. The Hall–Kier alpha value is -1.45. The van der Waals surface area contributed by atoms with Crippen molar-refractivity contribution < 1.29 is 4.79 Å². The Labute approximate surface area is 161 Å². The van der Waals surface area contributed by atoms with E-state index in [0.717, 1.165) is 57.1 Å². The number of carbonyl (C=O) groups excluding carboxylic acids is 1. The topological polar surface area (TPSA) is 67.2 Å². The third kappa shape index (κ3) is 4.27. The van der Waals surface area contributed by atoms with E-state index in [1.807, 2.05) is 27.8 Å². The van der Waals surface area contributed by atoms with Gasteiger partial charge in [0.05, 0.1) is 11.3 Å². The van der Waals surface area contributed by atoms with Crippen LogP contribution in [-0.4, -0.2) is 73.9 Å². The minimum Gasteiger partial charge on any atom is -0.339 e. The number of thioether (sulfide) groups is 1. The number of thiophene rings is 1. The van der Waals surface area contributed by atoms with Gasteiger partial charge in [0, 0.05) is 37.6 Å². The molecule has 140 valence electrons. The Balaban J connectivity index is 1.24. The van der Waals surface area contributed by atoms with Gasteiger partial charge in [0.1, 0.15) is 0 Å². The molecule has 3 heterocycles. The summed E-state index contributed by atoms with van der Waals surface area (Å²) < 4.78 is 1.87. The van der Waals surface area contributed by atoms with E-state index in [1.54, 1.807) is 0 Å². The molecule has 1 amide bonds. The Kier molecular flexibility index (Phi) is 5.56. The van der Waals surface area contributed by atoms with Gasteiger partial charge in [0.15, 0.2) is 0 Å². The summed E-state index contributed by atoms with van der Waals surface area (Å²) >= 11 is 3.30. The number of piperazine rings is 1. The molecule has 2 aromatic rings. The fourth-order valence-electron chi connectivity index (χ4n) is 3.19. The number of carbonyl (C=O) groups is 1. The van der Waals surface area contributed by atoms with Crippen LogP contribution >= 0.6 is 23.1 Å². The summed E-state index contributed by atoms with van der Waals surface area (Å²) in [7, 11) is 0. The van der Waals surface area contributed by atoms with Crippen molar-refractivity contribution in [2.24, 2.45) is 0 Å². The number of aromatic nitrogens is 4. The van der Waals surface area contributed by atoms with Crippen molar-refractivity contribution in [2.75, 3.05) is 32.7 Å². The zero-order valence-electron chi connectivity index (χ0n) is 15.0. The lowest BCUT2D eigenvalue weighted by molar-refractivity contribution is -0.132. The molecule has 0 bridgehead atoms. The molecule has 2 aromatic heterocycles. The summed E-state index contributed by atoms with van der Waals surface area (Å²) in [4.78, 5) is 18.7. The molecule has 1 saturated carbocycles. The fraction of sp³-hybridized carbons (Fsp3) is 0.647. The summed E-state index contributed by atoms with van der Waals surface area (Å²) in [5.41, 5.74) is 0. The second-order valence-electron chi connectivity index (χ2n) is 6.89. The fourth-order valence-corrected chi connectivity index (χ4v) is 4.83. The van der Waals surface area contributed by atoms with E-state index in [-0.39, 0.29) is 11.2 Å². The molecule has 9 heteroatoms. The molecule has 0 aromatic carbocycles. The molecule has 1 aliphatic carbocycles. The van der Waals surface area contributed by atoms with Crippen molar-refractivity contribution in [3.63, 3.8) is 0 Å². The first kappa shape index (κ1) is 17.9. The quantitative estimate of drug-likeness (QED) is 0.671. The molecule has 1 aliphatic heterocycles. The van der Waals surface area contributed by atoms with Crippen LogP contribution < -0.4 is 0 Å². The number of hydrogen-bond acceptors (Lipinski definition) is 7. The summed E-state index contributed by atoms with van der Waals surface area (Å²) in [6.45, 7) is 6.55. The van der Waals surface area contributed by atoms with Gasteiger partial charge >= 0.3 is 0 Å². The SMILES string of the molecule is CC(Sc1nnnn1C1CC1)C(=O)N1CCN(CCc2cccs2)CC1. The van der Waals surface area contributed by atoms with Crippen LogP contribution in [0.4, 0.5) is 0 Å². The molecule has 2 fully saturated rings. The lowest BCUT2D eigenvalue weighted by Gasteiger charge is -2.35. The van der Waals surface area contributed by atoms with Crippen LogP contribution in [-0.2, 0) is 11.2 Å². The van der Waals surface area contributed by atoms with Gasteiger partial charge < -0.3 is 4.90 Å². The average Bonchev–Trinajstić information content (AvgIpc) is 3.17. The number of hydrogen-bond donors (Lipinski definition) is 0. The predicted octanol–water partition coefficient (Wildman–Crippen LogP) is 1.94. The Morgan fingerprint density at radius 1 is 1.35 bits per heavy atom. The maximum absolute atomic E-state index is 12.8. The first-order valence-corrected chi connectivity index (χ1v) is 10.9. The van der Waals surface area contributed by atoms with Gasteiger partial charge in [0.25, 0.3) is 0 Å². The van der Waals surface area contributed by atoms with Gasteiger partial charge in [-0.3, -0.25) is 9.69 Å². The van der Waals surface area contributed by atoms with E-state index in [4.69, 9.17) is 0 Å². The van der Waals surface area contributed by atoms with Crippen LogP contribution in [0.5, 0.6) is 0 Å². The molecule has 2 aliphatic rings. The van der Waals surface area contributed by atoms with Gasteiger partial charge in [-0.05, 0) is 48.1 Å². The Bertz CT molecular complexity index is 721. The van der Waals surface area contributed by atoms with E-state index >= 15 is 0 Å². The Morgan fingerprint density at radius 3 is 2.85 bits per heavy atom. The van der Waals surface area contributed by atoms with Crippen molar-refractivity contribution in [1.29, 1.82) is 0 Å².